The second kappa shape index (κ2) is 8.01. The summed E-state index contributed by atoms with van der Waals surface area (Å²) < 4.78 is 12.1. The fourth-order valence-corrected chi connectivity index (χ4v) is 3.94. The lowest BCUT2D eigenvalue weighted by Crippen LogP contribution is -2.43. The Hall–Kier alpha value is -2.18. The second-order valence-corrected chi connectivity index (χ2v) is 7.00. The topological polar surface area (TPSA) is 67.5 Å². The number of pyridine rings is 1. The highest BCUT2D eigenvalue weighted by Gasteiger charge is 2.46. The van der Waals surface area contributed by atoms with Gasteiger partial charge < -0.3 is 19.4 Å². The molecule has 0 saturated carbocycles. The lowest BCUT2D eigenvalue weighted by molar-refractivity contribution is -0.134. The normalized spacial score (nSPS) is 25.2. The molecule has 2 aromatic heterocycles. The van der Waals surface area contributed by atoms with E-state index >= 15 is 0 Å². The van der Waals surface area contributed by atoms with Crippen LogP contribution in [0.4, 0.5) is 0 Å². The third-order valence-electron chi connectivity index (χ3n) is 5.25. The number of amides is 1. The molecule has 1 N–H and O–H groups in total. The molecule has 0 unspecified atom stereocenters. The number of fused-ring (bicyclic) bond motifs is 1. The minimum atomic E-state index is -0.0741. The van der Waals surface area contributed by atoms with Crippen LogP contribution in [0, 0.1) is 0 Å². The summed E-state index contributed by atoms with van der Waals surface area (Å²) in [5, 5.41) is 0. The van der Waals surface area contributed by atoms with Crippen molar-refractivity contribution in [2.45, 2.75) is 50.5 Å². The van der Waals surface area contributed by atoms with Gasteiger partial charge in [0.05, 0.1) is 12.6 Å². The number of rotatable bonds is 6. The van der Waals surface area contributed by atoms with Crippen LogP contribution in [-0.4, -0.2) is 52.2 Å². The number of H-pyrrole nitrogens is 1. The van der Waals surface area contributed by atoms with E-state index in [0.717, 1.165) is 37.1 Å². The van der Waals surface area contributed by atoms with Gasteiger partial charge in [-0.15, -0.1) is 0 Å². The lowest BCUT2D eigenvalue weighted by Gasteiger charge is -2.32. The number of nitrogens with zero attached hydrogens (tertiary/aromatic N) is 2. The Labute approximate surface area is 153 Å². The van der Waals surface area contributed by atoms with Gasteiger partial charge in [0.25, 0.3) is 0 Å². The van der Waals surface area contributed by atoms with Crippen LogP contribution in [0.1, 0.15) is 30.5 Å². The fraction of sp³-hybridized carbons (Fsp3) is 0.500. The summed E-state index contributed by atoms with van der Waals surface area (Å²) in [6.07, 6.45) is 8.61. The fourth-order valence-electron chi connectivity index (χ4n) is 3.94. The number of carbonyl (C=O) groups is 1. The van der Waals surface area contributed by atoms with E-state index in [2.05, 4.69) is 9.97 Å². The summed E-state index contributed by atoms with van der Waals surface area (Å²) in [4.78, 5) is 22.1. The maximum atomic E-state index is 12.8. The van der Waals surface area contributed by atoms with Gasteiger partial charge in [-0.05, 0) is 43.0 Å². The van der Waals surface area contributed by atoms with Crippen LogP contribution in [0.2, 0.25) is 0 Å². The van der Waals surface area contributed by atoms with Gasteiger partial charge in [-0.25, -0.2) is 0 Å². The number of likely N-dealkylation sites (tertiary alicyclic amines) is 1. The van der Waals surface area contributed by atoms with Crippen molar-refractivity contribution in [1.29, 1.82) is 0 Å². The SMILES string of the molecule is O=C(CCc1ccc[nH]1)N1C[C@H](OCc2cccnc2)[C@H]2OCCC[C@H]21. The molecule has 3 atom stereocenters. The van der Waals surface area contributed by atoms with Crippen molar-refractivity contribution in [3.8, 4) is 0 Å². The lowest BCUT2D eigenvalue weighted by atomic mass is 10.0. The van der Waals surface area contributed by atoms with Crippen LogP contribution in [-0.2, 0) is 27.3 Å². The third-order valence-corrected chi connectivity index (χ3v) is 5.25. The number of aryl methyl sites for hydroxylation is 1. The molecule has 2 aliphatic rings. The largest absolute Gasteiger partial charge is 0.373 e. The second-order valence-electron chi connectivity index (χ2n) is 7.00. The molecule has 0 aliphatic carbocycles. The van der Waals surface area contributed by atoms with E-state index in [1.54, 1.807) is 6.20 Å². The number of hydrogen-bond acceptors (Lipinski definition) is 4. The molecule has 2 aromatic rings. The monoisotopic (exact) mass is 355 g/mol. The maximum absolute atomic E-state index is 12.8. The molecule has 26 heavy (non-hydrogen) atoms. The van der Waals surface area contributed by atoms with Crippen LogP contribution in [0.5, 0.6) is 0 Å². The molecule has 6 nitrogen and oxygen atoms in total. The van der Waals surface area contributed by atoms with E-state index in [9.17, 15) is 4.79 Å². The van der Waals surface area contributed by atoms with Gasteiger partial charge >= 0.3 is 0 Å². The van der Waals surface area contributed by atoms with Crippen molar-refractivity contribution < 1.29 is 14.3 Å². The standard InChI is InChI=1S/C20H25N3O3/c24-19(8-7-16-5-2-10-22-16)23-13-18(20-17(23)6-3-11-25-20)26-14-15-4-1-9-21-12-15/h1-2,4-5,9-10,12,17-18,20,22H,3,6-8,11,13-14H2/t17-,18+,20+/m1/s1. The molecule has 0 bridgehead atoms. The Morgan fingerprint density at radius 1 is 1.38 bits per heavy atom. The predicted molar refractivity (Wildman–Crippen MR) is 96.4 cm³/mol. The highest BCUT2D eigenvalue weighted by atomic mass is 16.5. The number of aromatic amines is 1. The molecular formula is C20H25N3O3. The summed E-state index contributed by atoms with van der Waals surface area (Å²) >= 11 is 0. The first kappa shape index (κ1) is 17.2. The zero-order chi connectivity index (χ0) is 17.8. The Kier molecular flexibility index (Phi) is 5.32. The van der Waals surface area contributed by atoms with E-state index in [0.29, 0.717) is 19.6 Å². The van der Waals surface area contributed by atoms with Gasteiger partial charge in [0.15, 0.2) is 0 Å². The Morgan fingerprint density at radius 3 is 3.15 bits per heavy atom. The van der Waals surface area contributed by atoms with Crippen molar-refractivity contribution in [2.75, 3.05) is 13.2 Å². The van der Waals surface area contributed by atoms with Gasteiger partial charge in [0, 0.05) is 43.9 Å². The van der Waals surface area contributed by atoms with Crippen LogP contribution in [0.3, 0.4) is 0 Å². The van der Waals surface area contributed by atoms with Gasteiger partial charge in [0.2, 0.25) is 5.91 Å². The van der Waals surface area contributed by atoms with Crippen molar-refractivity contribution in [3.05, 3.63) is 54.1 Å². The third kappa shape index (κ3) is 3.81. The van der Waals surface area contributed by atoms with Crippen LogP contribution in [0.25, 0.3) is 0 Å². The van der Waals surface area contributed by atoms with Gasteiger partial charge in [-0.2, -0.15) is 0 Å². The Morgan fingerprint density at radius 2 is 2.35 bits per heavy atom. The zero-order valence-corrected chi connectivity index (χ0v) is 14.8. The molecule has 2 saturated heterocycles. The van der Waals surface area contributed by atoms with E-state index < -0.39 is 0 Å². The van der Waals surface area contributed by atoms with E-state index in [4.69, 9.17) is 9.47 Å². The van der Waals surface area contributed by atoms with Crippen molar-refractivity contribution in [3.63, 3.8) is 0 Å². The highest BCUT2D eigenvalue weighted by Crippen LogP contribution is 2.31. The average Bonchev–Trinajstić information content (AvgIpc) is 3.33. The molecule has 2 fully saturated rings. The van der Waals surface area contributed by atoms with Crippen molar-refractivity contribution >= 4 is 5.91 Å². The minimum Gasteiger partial charge on any atom is -0.373 e. The maximum Gasteiger partial charge on any atom is 0.223 e. The first-order chi connectivity index (χ1) is 12.8. The Bertz CT molecular complexity index is 704. The summed E-state index contributed by atoms with van der Waals surface area (Å²) in [5.74, 6) is 0.188. The number of ether oxygens (including phenoxy) is 2. The number of nitrogens with one attached hydrogen (secondary N) is 1. The summed E-state index contributed by atoms with van der Waals surface area (Å²) in [6.45, 7) is 1.85. The van der Waals surface area contributed by atoms with Gasteiger partial charge in [-0.3, -0.25) is 9.78 Å². The summed E-state index contributed by atoms with van der Waals surface area (Å²) in [5.41, 5.74) is 2.13. The van der Waals surface area contributed by atoms with E-state index in [1.807, 2.05) is 41.6 Å². The van der Waals surface area contributed by atoms with E-state index in [1.165, 1.54) is 0 Å². The molecule has 0 spiro atoms. The summed E-state index contributed by atoms with van der Waals surface area (Å²) in [7, 11) is 0. The van der Waals surface area contributed by atoms with Crippen molar-refractivity contribution in [1.82, 2.24) is 14.9 Å². The quantitative estimate of drug-likeness (QED) is 0.863. The molecule has 4 heterocycles. The number of hydrogen-bond donors (Lipinski definition) is 1. The first-order valence-electron chi connectivity index (χ1n) is 9.35. The molecule has 0 radical (unpaired) electrons. The predicted octanol–water partition coefficient (Wildman–Crippen LogP) is 2.32. The molecule has 1 amide bonds. The molecule has 6 heteroatoms. The number of aromatic nitrogens is 2. The smallest absolute Gasteiger partial charge is 0.223 e. The highest BCUT2D eigenvalue weighted by molar-refractivity contribution is 5.77. The first-order valence-corrected chi connectivity index (χ1v) is 9.35. The molecular weight excluding hydrogens is 330 g/mol. The van der Waals surface area contributed by atoms with Gasteiger partial charge in [-0.1, -0.05) is 6.07 Å². The molecule has 2 aliphatic heterocycles. The molecule has 4 rings (SSSR count). The van der Waals surface area contributed by atoms with E-state index in [-0.39, 0.29) is 24.2 Å². The van der Waals surface area contributed by atoms with Crippen molar-refractivity contribution in [2.24, 2.45) is 0 Å². The van der Waals surface area contributed by atoms with Crippen LogP contribution >= 0.6 is 0 Å². The summed E-state index contributed by atoms with van der Waals surface area (Å²) in [6, 6.07) is 8.02. The van der Waals surface area contributed by atoms with Gasteiger partial charge in [0.1, 0.15) is 12.2 Å². The van der Waals surface area contributed by atoms with Crippen LogP contribution < -0.4 is 0 Å². The average molecular weight is 355 g/mol. The van der Waals surface area contributed by atoms with Crippen LogP contribution in [0.15, 0.2) is 42.9 Å². The minimum absolute atomic E-state index is 0.0186. The molecule has 138 valence electrons. The molecule has 0 aromatic carbocycles. The Balaban J connectivity index is 1.38. The number of carbonyl (C=O) groups excluding carboxylic acids is 1. The zero-order valence-electron chi connectivity index (χ0n) is 14.8.